The maximum absolute atomic E-state index is 14.3. The molecule has 2 atom stereocenters. The first-order valence-corrected chi connectivity index (χ1v) is 19.2. The van der Waals surface area contributed by atoms with Crippen LogP contribution in [0.1, 0.15) is 116 Å². The minimum atomic E-state index is -3.74. The second-order valence-corrected chi connectivity index (χ2v) is 14.8. The molecule has 262 valence electrons. The fourth-order valence-corrected chi connectivity index (χ4v) is 8.38. The molecule has 1 amide bonds. The number of methoxy groups -OCH3 is 1. The third kappa shape index (κ3) is 11.1. The Hall–Kier alpha value is -2.82. The van der Waals surface area contributed by atoms with Crippen LogP contribution in [0.2, 0.25) is 0 Å². The van der Waals surface area contributed by atoms with E-state index in [1.54, 1.807) is 36.5 Å². The number of hydrogen-bond donors (Lipinski definition) is 1. The first-order valence-electron chi connectivity index (χ1n) is 17.8. The number of aryl methyl sites for hydroxylation is 1. The van der Waals surface area contributed by atoms with Crippen molar-refractivity contribution in [2.45, 2.75) is 123 Å². The summed E-state index contributed by atoms with van der Waals surface area (Å²) in [6, 6.07) is 10.6. The Morgan fingerprint density at radius 2 is 1.68 bits per heavy atom. The largest absolute Gasteiger partial charge is 0.481 e. The summed E-state index contributed by atoms with van der Waals surface area (Å²) in [5, 5.41) is 3.03. The molecule has 47 heavy (non-hydrogen) atoms. The summed E-state index contributed by atoms with van der Waals surface area (Å²) < 4.78 is 35.5. The number of unbranched alkanes of at least 4 members (excludes halogenated alkanes) is 1. The van der Waals surface area contributed by atoms with Crippen molar-refractivity contribution in [2.75, 3.05) is 33.3 Å². The van der Waals surface area contributed by atoms with Gasteiger partial charge in [-0.3, -0.25) is 4.79 Å². The van der Waals surface area contributed by atoms with Crippen molar-refractivity contribution in [3.05, 3.63) is 47.7 Å². The number of likely N-dealkylation sites (N-methyl/N-ethyl adjacent to an activating group) is 1. The molecule has 0 radical (unpaired) electrons. The summed E-state index contributed by atoms with van der Waals surface area (Å²) in [6.07, 6.45) is 9.96. The summed E-state index contributed by atoms with van der Waals surface area (Å²) in [6.45, 7) is 15.1. The summed E-state index contributed by atoms with van der Waals surface area (Å²) in [5.74, 6) is 0.920. The van der Waals surface area contributed by atoms with Gasteiger partial charge in [0.05, 0.1) is 29.3 Å². The van der Waals surface area contributed by atoms with E-state index in [0.717, 1.165) is 70.0 Å². The van der Waals surface area contributed by atoms with E-state index < -0.39 is 15.9 Å². The number of nitrogens with zero attached hydrogens (tertiary/aromatic N) is 4. The molecule has 1 aromatic heterocycles. The Kier molecular flexibility index (Phi) is 15.8. The van der Waals surface area contributed by atoms with Crippen LogP contribution in [-0.2, 0) is 14.8 Å². The number of benzene rings is 1. The number of ether oxygens (including phenoxy) is 1. The van der Waals surface area contributed by atoms with E-state index in [9.17, 15) is 13.2 Å². The molecule has 1 N–H and O–H groups in total. The standard InChI is InChI=1S/C37H59N5O4S/c1-8-12-18-32(15-9-2)42(26-25-41(10-3)11-4)47(44,45)33-21-19-31(20-22-33)34(27-30-16-13-14-17-30)37(43)40-29(6)39-35-23-24-36(46-7)38-28(35)5/h19-24,30,32,34H,8-18,25-27H2,1-7H3,(H,39,40,43). The van der Waals surface area contributed by atoms with Crippen LogP contribution in [0.3, 0.4) is 0 Å². The molecule has 1 aromatic carbocycles. The molecular weight excluding hydrogens is 611 g/mol. The number of amidine groups is 1. The average Bonchev–Trinajstić information content (AvgIpc) is 3.58. The lowest BCUT2D eigenvalue weighted by atomic mass is 9.87. The molecule has 1 heterocycles. The van der Waals surface area contributed by atoms with Crippen molar-refractivity contribution in [2.24, 2.45) is 10.9 Å². The highest BCUT2D eigenvalue weighted by Crippen LogP contribution is 2.35. The minimum Gasteiger partial charge on any atom is -0.481 e. The molecule has 1 saturated carbocycles. The molecule has 1 aliphatic carbocycles. The van der Waals surface area contributed by atoms with Crippen LogP contribution in [0.4, 0.5) is 5.69 Å². The second kappa shape index (κ2) is 19.2. The van der Waals surface area contributed by atoms with Gasteiger partial charge in [0, 0.05) is 25.2 Å². The molecule has 1 aliphatic rings. The third-order valence-electron chi connectivity index (χ3n) is 9.53. The van der Waals surface area contributed by atoms with E-state index in [1.807, 2.05) is 25.1 Å². The number of aliphatic imine (C=N–C) groups is 1. The Bertz CT molecular complexity index is 1390. The number of hydrogen-bond acceptors (Lipinski definition) is 7. The highest BCUT2D eigenvalue weighted by atomic mass is 32.2. The fraction of sp³-hybridized carbons (Fsp3) is 0.649. The number of sulfonamides is 1. The topological polar surface area (TPSA) is 104 Å². The summed E-state index contributed by atoms with van der Waals surface area (Å²) in [5.41, 5.74) is 2.20. The third-order valence-corrected chi connectivity index (χ3v) is 11.5. The van der Waals surface area contributed by atoms with Crippen molar-refractivity contribution in [1.82, 2.24) is 19.5 Å². The van der Waals surface area contributed by atoms with E-state index >= 15 is 0 Å². The summed E-state index contributed by atoms with van der Waals surface area (Å²) >= 11 is 0. The fourth-order valence-electron chi connectivity index (χ4n) is 6.70. The van der Waals surface area contributed by atoms with Crippen LogP contribution in [0.5, 0.6) is 5.88 Å². The zero-order chi connectivity index (χ0) is 34.4. The van der Waals surface area contributed by atoms with Crippen molar-refractivity contribution in [3.63, 3.8) is 0 Å². The van der Waals surface area contributed by atoms with Gasteiger partial charge in [-0.25, -0.2) is 18.4 Å². The van der Waals surface area contributed by atoms with Gasteiger partial charge in [-0.05, 0) is 75.9 Å². The van der Waals surface area contributed by atoms with Gasteiger partial charge in [0.2, 0.25) is 21.8 Å². The number of nitrogens with one attached hydrogen (secondary N) is 1. The zero-order valence-corrected chi connectivity index (χ0v) is 30.7. The quantitative estimate of drug-likeness (QED) is 0.122. The predicted octanol–water partition coefficient (Wildman–Crippen LogP) is 7.62. The van der Waals surface area contributed by atoms with Crippen molar-refractivity contribution in [3.8, 4) is 5.88 Å². The predicted molar refractivity (Wildman–Crippen MR) is 192 cm³/mol. The Morgan fingerprint density at radius 3 is 2.26 bits per heavy atom. The maximum Gasteiger partial charge on any atom is 0.243 e. The highest BCUT2D eigenvalue weighted by Gasteiger charge is 2.32. The van der Waals surface area contributed by atoms with Gasteiger partial charge in [-0.1, -0.05) is 84.8 Å². The first kappa shape index (κ1) is 38.6. The molecule has 0 saturated heterocycles. The van der Waals surface area contributed by atoms with E-state index in [1.165, 1.54) is 12.8 Å². The van der Waals surface area contributed by atoms with Crippen LogP contribution in [0.15, 0.2) is 46.3 Å². The average molecular weight is 670 g/mol. The number of carbonyl (C=O) groups excluding carboxylic acids is 1. The van der Waals surface area contributed by atoms with Gasteiger partial charge < -0.3 is 15.0 Å². The van der Waals surface area contributed by atoms with Crippen LogP contribution >= 0.6 is 0 Å². The number of rotatable bonds is 19. The Labute approximate surface area is 284 Å². The van der Waals surface area contributed by atoms with E-state index in [-0.39, 0.29) is 11.9 Å². The van der Waals surface area contributed by atoms with Gasteiger partial charge in [-0.15, -0.1) is 0 Å². The summed E-state index contributed by atoms with van der Waals surface area (Å²) in [4.78, 5) is 25.4. The lowest BCUT2D eigenvalue weighted by Crippen LogP contribution is -2.44. The zero-order valence-electron chi connectivity index (χ0n) is 29.9. The van der Waals surface area contributed by atoms with Crippen molar-refractivity contribution in [1.29, 1.82) is 0 Å². The smallest absolute Gasteiger partial charge is 0.243 e. The van der Waals surface area contributed by atoms with E-state index in [4.69, 9.17) is 4.74 Å². The molecule has 2 unspecified atom stereocenters. The summed E-state index contributed by atoms with van der Waals surface area (Å²) in [7, 11) is -2.17. The van der Waals surface area contributed by atoms with E-state index in [2.05, 4.69) is 47.9 Å². The molecule has 3 rings (SSSR count). The SMILES string of the molecule is CCCCC(CCC)N(CCN(CC)CC)S(=O)(=O)c1ccc(C(CC2CCCC2)C(=O)N/C(C)=N/c2ccc(OC)nc2C)cc1. The number of pyridine rings is 1. The molecule has 0 aliphatic heterocycles. The molecule has 0 spiro atoms. The Balaban J connectivity index is 1.90. The van der Waals surface area contributed by atoms with E-state index in [0.29, 0.717) is 47.0 Å². The van der Waals surface area contributed by atoms with Crippen LogP contribution in [0, 0.1) is 12.8 Å². The van der Waals surface area contributed by atoms with Crippen molar-refractivity contribution >= 4 is 27.5 Å². The van der Waals surface area contributed by atoms with Gasteiger partial charge in [-0.2, -0.15) is 4.31 Å². The molecule has 9 nitrogen and oxygen atoms in total. The molecule has 0 bridgehead atoms. The van der Waals surface area contributed by atoms with Gasteiger partial charge >= 0.3 is 0 Å². The molecule has 10 heteroatoms. The van der Waals surface area contributed by atoms with Crippen LogP contribution in [0.25, 0.3) is 0 Å². The number of aromatic nitrogens is 1. The number of amides is 1. The van der Waals surface area contributed by atoms with Gasteiger partial charge in [0.25, 0.3) is 0 Å². The Morgan fingerprint density at radius 1 is 1.00 bits per heavy atom. The second-order valence-electron chi connectivity index (χ2n) is 12.9. The molecular formula is C37H59N5O4S. The maximum atomic E-state index is 14.3. The molecule has 2 aromatic rings. The lowest BCUT2D eigenvalue weighted by molar-refractivity contribution is -0.121. The van der Waals surface area contributed by atoms with Crippen LogP contribution < -0.4 is 10.1 Å². The normalized spacial score (nSPS) is 15.7. The minimum absolute atomic E-state index is 0.0344. The van der Waals surface area contributed by atoms with Crippen molar-refractivity contribution < 1.29 is 17.9 Å². The number of carbonyl (C=O) groups is 1. The van der Waals surface area contributed by atoms with Gasteiger partial charge in [0.1, 0.15) is 5.84 Å². The first-order chi connectivity index (χ1) is 22.6. The lowest BCUT2D eigenvalue weighted by Gasteiger charge is -2.33. The van der Waals surface area contributed by atoms with Crippen LogP contribution in [-0.4, -0.2) is 73.7 Å². The van der Waals surface area contributed by atoms with Gasteiger partial charge in [0.15, 0.2) is 0 Å². The highest BCUT2D eigenvalue weighted by molar-refractivity contribution is 7.89. The monoisotopic (exact) mass is 669 g/mol. The molecule has 1 fully saturated rings.